The van der Waals surface area contributed by atoms with Crippen molar-refractivity contribution in [1.29, 1.82) is 0 Å². The molecule has 0 bridgehead atoms. The highest BCUT2D eigenvalue weighted by Gasteiger charge is 2.38. The number of rotatable bonds is 9. The number of alkyl halides is 3. The van der Waals surface area contributed by atoms with Gasteiger partial charge in [0.2, 0.25) is 0 Å². The third-order valence-corrected chi connectivity index (χ3v) is 4.09. The maximum absolute atomic E-state index is 14.3. The molecule has 8 heteroatoms. The Morgan fingerprint density at radius 3 is 1.93 bits per heavy atom. The predicted molar refractivity (Wildman–Crippen MR) is 92.6 cm³/mol. The van der Waals surface area contributed by atoms with Gasteiger partial charge in [-0.2, -0.15) is 13.2 Å². The molecule has 28 heavy (non-hydrogen) atoms. The lowest BCUT2D eigenvalue weighted by atomic mass is 10.0. The van der Waals surface area contributed by atoms with Crippen LogP contribution in [0.1, 0.15) is 31.2 Å². The van der Waals surface area contributed by atoms with Crippen LogP contribution >= 0.6 is 0 Å². The molecule has 2 rings (SSSR count). The van der Waals surface area contributed by atoms with E-state index in [0.29, 0.717) is 25.3 Å². The summed E-state index contributed by atoms with van der Waals surface area (Å²) < 4.78 is 90.0. The van der Waals surface area contributed by atoms with Crippen LogP contribution in [0.4, 0.5) is 26.3 Å². The molecule has 0 aliphatic rings. The minimum absolute atomic E-state index is 0.224. The average molecular weight is 406 g/mol. The summed E-state index contributed by atoms with van der Waals surface area (Å²) in [6.45, 7) is 1.06. The molecule has 2 aromatic rings. The van der Waals surface area contributed by atoms with Crippen LogP contribution in [0.3, 0.4) is 0 Å². The van der Waals surface area contributed by atoms with Crippen molar-refractivity contribution in [1.82, 2.24) is 0 Å². The Bertz CT molecular complexity index is 766. The molecular weight excluding hydrogens is 386 g/mol. The predicted octanol–water partition coefficient (Wildman–Crippen LogP) is 6.38. The van der Waals surface area contributed by atoms with Crippen LogP contribution in [0.2, 0.25) is 0 Å². The van der Waals surface area contributed by atoms with Crippen molar-refractivity contribution in [2.75, 3.05) is 20.3 Å². The summed E-state index contributed by atoms with van der Waals surface area (Å²) in [5.74, 6) is -4.21. The average Bonchev–Trinajstić information content (AvgIpc) is 2.59. The summed E-state index contributed by atoms with van der Waals surface area (Å²) in [6, 6.07) is 4.57. The first-order valence-corrected chi connectivity index (χ1v) is 8.72. The van der Waals surface area contributed by atoms with Gasteiger partial charge in [0.1, 0.15) is 28.8 Å². The van der Waals surface area contributed by atoms with Crippen LogP contribution in [0.15, 0.2) is 30.3 Å². The first-order valence-electron chi connectivity index (χ1n) is 8.72. The first kappa shape index (κ1) is 22.1. The fraction of sp³-hybridized carbons (Fsp3) is 0.400. The largest absolute Gasteiger partial charge is 0.493 e. The minimum Gasteiger partial charge on any atom is -0.493 e. The van der Waals surface area contributed by atoms with Gasteiger partial charge in [0.15, 0.2) is 0 Å². The van der Waals surface area contributed by atoms with E-state index in [0.717, 1.165) is 31.7 Å². The fourth-order valence-corrected chi connectivity index (χ4v) is 2.71. The molecule has 0 radical (unpaired) electrons. The van der Waals surface area contributed by atoms with Gasteiger partial charge < -0.3 is 9.47 Å². The minimum atomic E-state index is -5.17. The zero-order chi connectivity index (χ0) is 20.7. The van der Waals surface area contributed by atoms with E-state index in [1.54, 1.807) is 7.11 Å². The second kappa shape index (κ2) is 9.82. The van der Waals surface area contributed by atoms with Gasteiger partial charge in [-0.1, -0.05) is 6.42 Å². The summed E-state index contributed by atoms with van der Waals surface area (Å²) in [5, 5.41) is 0. The van der Waals surface area contributed by atoms with Gasteiger partial charge in [0, 0.05) is 25.3 Å². The van der Waals surface area contributed by atoms with Gasteiger partial charge in [0.25, 0.3) is 0 Å². The lowest BCUT2D eigenvalue weighted by molar-refractivity contribution is -0.142. The highest BCUT2D eigenvalue weighted by atomic mass is 19.4. The topological polar surface area (TPSA) is 18.5 Å². The Hall–Kier alpha value is -2.22. The highest BCUT2D eigenvalue weighted by molar-refractivity contribution is 5.65. The monoisotopic (exact) mass is 406 g/mol. The van der Waals surface area contributed by atoms with Crippen molar-refractivity contribution in [3.8, 4) is 16.9 Å². The SMILES string of the molecule is COCCCCCCOc1ccc(-c2cc(F)c(C(F)(F)F)c(F)c2)c(F)c1. The van der Waals surface area contributed by atoms with Gasteiger partial charge in [-0.15, -0.1) is 0 Å². The Morgan fingerprint density at radius 2 is 1.39 bits per heavy atom. The van der Waals surface area contributed by atoms with E-state index < -0.39 is 29.2 Å². The van der Waals surface area contributed by atoms with E-state index in [4.69, 9.17) is 9.47 Å². The molecule has 0 fully saturated rings. The van der Waals surface area contributed by atoms with Crippen molar-refractivity contribution >= 4 is 0 Å². The molecule has 0 unspecified atom stereocenters. The number of methoxy groups -OCH3 is 1. The summed E-state index contributed by atoms with van der Waals surface area (Å²) in [4.78, 5) is 0. The van der Waals surface area contributed by atoms with Crippen LogP contribution in [0, 0.1) is 17.5 Å². The molecule has 0 amide bonds. The maximum atomic E-state index is 14.3. The van der Waals surface area contributed by atoms with Crippen LogP contribution < -0.4 is 4.74 Å². The molecule has 154 valence electrons. The highest BCUT2D eigenvalue weighted by Crippen LogP contribution is 2.36. The van der Waals surface area contributed by atoms with Gasteiger partial charge in [-0.25, -0.2) is 13.2 Å². The normalized spacial score (nSPS) is 11.7. The van der Waals surface area contributed by atoms with Crippen LogP contribution in [0.25, 0.3) is 11.1 Å². The van der Waals surface area contributed by atoms with Crippen molar-refractivity contribution in [2.24, 2.45) is 0 Å². The van der Waals surface area contributed by atoms with Crippen molar-refractivity contribution in [3.63, 3.8) is 0 Å². The number of ether oxygens (including phenoxy) is 2. The quantitative estimate of drug-likeness (QED) is 0.356. The molecular formula is C20H20F6O2. The summed E-state index contributed by atoms with van der Waals surface area (Å²) in [5.41, 5.74) is -2.55. The molecule has 0 atom stereocenters. The van der Waals surface area contributed by atoms with E-state index in [1.165, 1.54) is 12.1 Å². The molecule has 0 aliphatic carbocycles. The molecule has 0 saturated heterocycles. The second-order valence-corrected chi connectivity index (χ2v) is 6.21. The number of hydrogen-bond acceptors (Lipinski definition) is 2. The molecule has 0 aromatic heterocycles. The Balaban J connectivity index is 2.04. The van der Waals surface area contributed by atoms with Gasteiger partial charge in [-0.3, -0.25) is 0 Å². The van der Waals surface area contributed by atoms with E-state index in [-0.39, 0.29) is 16.9 Å². The molecule has 2 aromatic carbocycles. The summed E-state index contributed by atoms with van der Waals surface area (Å²) in [6.07, 6.45) is -1.56. The molecule has 2 nitrogen and oxygen atoms in total. The smallest absolute Gasteiger partial charge is 0.422 e. The van der Waals surface area contributed by atoms with Gasteiger partial charge in [0.05, 0.1) is 6.61 Å². The lowest BCUT2D eigenvalue weighted by Gasteiger charge is -2.12. The number of hydrogen-bond donors (Lipinski definition) is 0. The van der Waals surface area contributed by atoms with Crippen LogP contribution in [0.5, 0.6) is 5.75 Å². The standard InChI is InChI=1S/C20H20F6O2/c1-27-8-4-2-3-5-9-28-14-6-7-15(16(21)12-14)13-10-17(22)19(18(23)11-13)20(24,25)26/h6-7,10-12H,2-5,8-9H2,1H3. The number of halogens is 6. The maximum Gasteiger partial charge on any atom is 0.422 e. The van der Waals surface area contributed by atoms with E-state index in [1.807, 2.05) is 0 Å². The second-order valence-electron chi connectivity index (χ2n) is 6.21. The van der Waals surface area contributed by atoms with Gasteiger partial charge in [-0.05, 0) is 49.1 Å². The van der Waals surface area contributed by atoms with Crippen LogP contribution in [-0.4, -0.2) is 20.3 Å². The Kier molecular flexibility index (Phi) is 7.74. The molecule has 0 aliphatic heterocycles. The molecule has 0 spiro atoms. The fourth-order valence-electron chi connectivity index (χ4n) is 2.71. The summed E-state index contributed by atoms with van der Waals surface area (Å²) >= 11 is 0. The zero-order valence-corrected chi connectivity index (χ0v) is 15.2. The van der Waals surface area contributed by atoms with Gasteiger partial charge >= 0.3 is 6.18 Å². The van der Waals surface area contributed by atoms with E-state index in [9.17, 15) is 26.3 Å². The third-order valence-electron chi connectivity index (χ3n) is 4.09. The number of unbranched alkanes of at least 4 members (excludes halogenated alkanes) is 3. The van der Waals surface area contributed by atoms with Crippen LogP contribution in [-0.2, 0) is 10.9 Å². The molecule has 0 heterocycles. The Morgan fingerprint density at radius 1 is 0.786 bits per heavy atom. The van der Waals surface area contributed by atoms with E-state index in [2.05, 4.69) is 0 Å². The third kappa shape index (κ3) is 5.89. The lowest BCUT2D eigenvalue weighted by Crippen LogP contribution is -2.11. The Labute approximate surface area is 159 Å². The zero-order valence-electron chi connectivity index (χ0n) is 15.2. The van der Waals surface area contributed by atoms with Crippen molar-refractivity contribution in [3.05, 3.63) is 53.3 Å². The summed E-state index contributed by atoms with van der Waals surface area (Å²) in [7, 11) is 1.63. The molecule has 0 saturated carbocycles. The molecule has 0 N–H and O–H groups in total. The van der Waals surface area contributed by atoms with E-state index >= 15 is 0 Å². The van der Waals surface area contributed by atoms with Crippen molar-refractivity contribution < 1.29 is 35.8 Å². The first-order chi connectivity index (χ1) is 13.2. The number of benzene rings is 2. The van der Waals surface area contributed by atoms with Crippen molar-refractivity contribution in [2.45, 2.75) is 31.9 Å².